The van der Waals surface area contributed by atoms with E-state index in [1.165, 1.54) is 4.31 Å². The van der Waals surface area contributed by atoms with Crippen LogP contribution in [-0.2, 0) is 10.0 Å². The molecule has 4 rings (SSSR count). The lowest BCUT2D eigenvalue weighted by Gasteiger charge is -2.36. The first-order chi connectivity index (χ1) is 13.6. The van der Waals surface area contributed by atoms with Crippen LogP contribution in [0.3, 0.4) is 0 Å². The number of hydrogen-bond donors (Lipinski definition) is 0. The van der Waals surface area contributed by atoms with Gasteiger partial charge in [0, 0.05) is 31.7 Å². The maximum atomic E-state index is 12.8. The second kappa shape index (κ2) is 7.83. The molecule has 8 heteroatoms. The normalized spacial score (nSPS) is 17.5. The summed E-state index contributed by atoms with van der Waals surface area (Å²) in [6.45, 7) is 4.08. The summed E-state index contributed by atoms with van der Waals surface area (Å²) in [5.74, 6) is 1.10. The summed E-state index contributed by atoms with van der Waals surface area (Å²) in [7, 11) is -3.45. The van der Waals surface area contributed by atoms with E-state index in [9.17, 15) is 8.42 Å². The van der Waals surface area contributed by atoms with Crippen LogP contribution < -0.4 is 0 Å². The molecule has 0 bridgehead atoms. The fourth-order valence-electron chi connectivity index (χ4n) is 3.34. The molecule has 146 valence electrons. The first-order valence-corrected chi connectivity index (χ1v) is 10.7. The van der Waals surface area contributed by atoms with E-state index in [1.807, 2.05) is 43.3 Å². The lowest BCUT2D eigenvalue weighted by molar-refractivity contribution is 0.124. The minimum atomic E-state index is -3.45. The highest BCUT2D eigenvalue weighted by molar-refractivity contribution is 7.89. The van der Waals surface area contributed by atoms with Crippen molar-refractivity contribution < 1.29 is 12.9 Å². The van der Waals surface area contributed by atoms with Crippen LogP contribution >= 0.6 is 0 Å². The fraction of sp³-hybridized carbons (Fsp3) is 0.300. The highest BCUT2D eigenvalue weighted by atomic mass is 32.2. The first-order valence-electron chi connectivity index (χ1n) is 9.24. The molecule has 0 aliphatic carbocycles. The predicted molar refractivity (Wildman–Crippen MR) is 105 cm³/mol. The zero-order valence-electron chi connectivity index (χ0n) is 15.6. The van der Waals surface area contributed by atoms with Crippen LogP contribution in [0.4, 0.5) is 0 Å². The summed E-state index contributed by atoms with van der Waals surface area (Å²) >= 11 is 0. The zero-order chi connectivity index (χ0) is 19.6. The molecule has 1 aliphatic heterocycles. The molecule has 1 atom stereocenters. The van der Waals surface area contributed by atoms with Crippen LogP contribution in [0.1, 0.15) is 18.9 Å². The van der Waals surface area contributed by atoms with Crippen molar-refractivity contribution in [3.05, 3.63) is 66.6 Å². The van der Waals surface area contributed by atoms with Crippen LogP contribution in [-0.4, -0.2) is 53.9 Å². The van der Waals surface area contributed by atoms with Gasteiger partial charge in [0.05, 0.1) is 10.9 Å². The van der Waals surface area contributed by atoms with E-state index in [4.69, 9.17) is 4.52 Å². The Hall–Kier alpha value is -2.55. The number of benzene rings is 2. The van der Waals surface area contributed by atoms with Crippen molar-refractivity contribution >= 4 is 10.0 Å². The van der Waals surface area contributed by atoms with Crippen LogP contribution in [0.15, 0.2) is 70.1 Å². The third kappa shape index (κ3) is 3.71. The topological polar surface area (TPSA) is 79.5 Å². The summed E-state index contributed by atoms with van der Waals surface area (Å²) in [6, 6.07) is 18.2. The van der Waals surface area contributed by atoms with Gasteiger partial charge in [0.1, 0.15) is 0 Å². The highest BCUT2D eigenvalue weighted by Gasteiger charge is 2.31. The van der Waals surface area contributed by atoms with E-state index in [-0.39, 0.29) is 6.04 Å². The molecule has 1 fully saturated rings. The molecule has 28 heavy (non-hydrogen) atoms. The maximum Gasteiger partial charge on any atom is 0.244 e. The SMILES string of the molecule is CC(c1nc(-c2ccccc2)no1)N1CCN(S(=O)(=O)c2ccccc2)CC1. The van der Waals surface area contributed by atoms with Crippen molar-refractivity contribution in [3.8, 4) is 11.4 Å². The van der Waals surface area contributed by atoms with Crippen LogP contribution in [0.2, 0.25) is 0 Å². The maximum absolute atomic E-state index is 12.8. The molecule has 2 heterocycles. The van der Waals surface area contributed by atoms with Gasteiger partial charge in [0.15, 0.2) is 0 Å². The number of aromatic nitrogens is 2. The number of hydrogen-bond acceptors (Lipinski definition) is 6. The average Bonchev–Trinajstić information content (AvgIpc) is 3.25. The van der Waals surface area contributed by atoms with Gasteiger partial charge in [0.25, 0.3) is 0 Å². The number of piperazine rings is 1. The van der Waals surface area contributed by atoms with Gasteiger partial charge in [-0.15, -0.1) is 0 Å². The molecule has 7 nitrogen and oxygen atoms in total. The smallest absolute Gasteiger partial charge is 0.244 e. The average molecular weight is 398 g/mol. The molecule has 1 saturated heterocycles. The van der Waals surface area contributed by atoms with Gasteiger partial charge < -0.3 is 4.52 Å². The standard InChI is InChI=1S/C20H22N4O3S/c1-16(20-21-19(22-27-20)17-8-4-2-5-9-17)23-12-14-24(15-13-23)28(25,26)18-10-6-3-7-11-18/h2-11,16H,12-15H2,1H3. The summed E-state index contributed by atoms with van der Waals surface area (Å²) in [6.07, 6.45) is 0. The van der Waals surface area contributed by atoms with Crippen molar-refractivity contribution in [3.63, 3.8) is 0 Å². The Labute approximate surface area is 164 Å². The minimum Gasteiger partial charge on any atom is -0.337 e. The Morgan fingerprint density at radius 1 is 0.929 bits per heavy atom. The lowest BCUT2D eigenvalue weighted by Crippen LogP contribution is -2.49. The van der Waals surface area contributed by atoms with E-state index in [2.05, 4.69) is 15.0 Å². The molecule has 1 aliphatic rings. The van der Waals surface area contributed by atoms with E-state index < -0.39 is 10.0 Å². The van der Waals surface area contributed by atoms with Crippen molar-refractivity contribution in [1.82, 2.24) is 19.3 Å². The van der Waals surface area contributed by atoms with Gasteiger partial charge in [-0.2, -0.15) is 9.29 Å². The summed E-state index contributed by atoms with van der Waals surface area (Å²) < 4.78 is 32.5. The monoisotopic (exact) mass is 398 g/mol. The van der Waals surface area contributed by atoms with E-state index in [0.29, 0.717) is 42.8 Å². The molecular formula is C20H22N4O3S. The molecule has 0 spiro atoms. The van der Waals surface area contributed by atoms with Crippen LogP contribution in [0.5, 0.6) is 0 Å². The van der Waals surface area contributed by atoms with Gasteiger partial charge in [-0.05, 0) is 19.1 Å². The third-order valence-corrected chi connectivity index (χ3v) is 6.95. The van der Waals surface area contributed by atoms with Crippen LogP contribution in [0.25, 0.3) is 11.4 Å². The molecular weight excluding hydrogens is 376 g/mol. The Morgan fingerprint density at radius 2 is 1.54 bits per heavy atom. The quantitative estimate of drug-likeness (QED) is 0.658. The number of rotatable bonds is 5. The Balaban J connectivity index is 1.42. The van der Waals surface area contributed by atoms with Crippen LogP contribution in [0, 0.1) is 0 Å². The van der Waals surface area contributed by atoms with Gasteiger partial charge >= 0.3 is 0 Å². The zero-order valence-corrected chi connectivity index (χ0v) is 16.4. The summed E-state index contributed by atoms with van der Waals surface area (Å²) in [5, 5.41) is 4.08. The van der Waals surface area contributed by atoms with E-state index in [0.717, 1.165) is 5.56 Å². The van der Waals surface area contributed by atoms with Crippen molar-refractivity contribution in [2.75, 3.05) is 26.2 Å². The van der Waals surface area contributed by atoms with Gasteiger partial charge in [-0.3, -0.25) is 4.90 Å². The van der Waals surface area contributed by atoms with E-state index >= 15 is 0 Å². The predicted octanol–water partition coefficient (Wildman–Crippen LogP) is 2.80. The molecule has 0 saturated carbocycles. The highest BCUT2D eigenvalue weighted by Crippen LogP contribution is 2.25. The fourth-order valence-corrected chi connectivity index (χ4v) is 4.78. The Morgan fingerprint density at radius 3 is 2.18 bits per heavy atom. The first kappa shape index (κ1) is 18.8. The number of sulfonamides is 1. The second-order valence-corrected chi connectivity index (χ2v) is 8.69. The van der Waals surface area contributed by atoms with E-state index in [1.54, 1.807) is 24.3 Å². The molecule has 1 aromatic heterocycles. The van der Waals surface area contributed by atoms with Gasteiger partial charge in [-0.25, -0.2) is 8.42 Å². The largest absolute Gasteiger partial charge is 0.337 e. The minimum absolute atomic E-state index is 0.0773. The van der Waals surface area contributed by atoms with Crippen molar-refractivity contribution in [1.29, 1.82) is 0 Å². The van der Waals surface area contributed by atoms with Gasteiger partial charge in [0.2, 0.25) is 21.7 Å². The molecule has 2 aromatic carbocycles. The molecule has 3 aromatic rings. The number of nitrogens with zero attached hydrogens (tertiary/aromatic N) is 4. The van der Waals surface area contributed by atoms with Crippen molar-refractivity contribution in [2.45, 2.75) is 17.9 Å². The molecule has 0 N–H and O–H groups in total. The lowest BCUT2D eigenvalue weighted by atomic mass is 10.2. The van der Waals surface area contributed by atoms with Gasteiger partial charge in [-0.1, -0.05) is 53.7 Å². The van der Waals surface area contributed by atoms with Crippen molar-refractivity contribution in [2.24, 2.45) is 0 Å². The Bertz CT molecular complexity index is 1010. The molecule has 0 amide bonds. The summed E-state index contributed by atoms with van der Waals surface area (Å²) in [5.41, 5.74) is 0.906. The second-order valence-electron chi connectivity index (χ2n) is 6.75. The molecule has 1 unspecified atom stereocenters. The third-order valence-electron chi connectivity index (χ3n) is 5.03. The Kier molecular flexibility index (Phi) is 5.25. The molecule has 0 radical (unpaired) electrons. The summed E-state index contributed by atoms with van der Waals surface area (Å²) in [4.78, 5) is 7.02.